The maximum atomic E-state index is 10.6. The molecule has 0 bridgehead atoms. The Morgan fingerprint density at radius 3 is 2.82 bits per heavy atom. The number of hydrogen-bond acceptors (Lipinski definition) is 5. The second-order valence-corrected chi connectivity index (χ2v) is 4.13. The van der Waals surface area contributed by atoms with Crippen molar-refractivity contribution in [2.75, 3.05) is 0 Å². The molecule has 5 nitrogen and oxygen atoms in total. The summed E-state index contributed by atoms with van der Waals surface area (Å²) < 4.78 is 9.09. The molecule has 0 saturated carbocycles. The van der Waals surface area contributed by atoms with E-state index in [2.05, 4.69) is 4.37 Å². The summed E-state index contributed by atoms with van der Waals surface area (Å²) in [4.78, 5) is 11.3. The largest absolute Gasteiger partial charge is 0.504 e. The number of aromatic carboxylic acids is 1. The molecule has 0 saturated heterocycles. The lowest BCUT2D eigenvalue weighted by Crippen LogP contribution is -1.96. The van der Waals surface area contributed by atoms with Gasteiger partial charge in [-0.3, -0.25) is 0 Å². The number of hydrogen-bond donors (Lipinski definition) is 2. The first-order valence-electron chi connectivity index (χ1n) is 4.76. The van der Waals surface area contributed by atoms with Crippen LogP contribution in [-0.2, 0) is 6.61 Å². The summed E-state index contributed by atoms with van der Waals surface area (Å²) in [6.45, 7) is 0.183. The van der Waals surface area contributed by atoms with Gasteiger partial charge in [0.15, 0.2) is 17.2 Å². The fourth-order valence-electron chi connectivity index (χ4n) is 1.21. The Morgan fingerprint density at radius 2 is 2.18 bits per heavy atom. The quantitative estimate of drug-likeness (QED) is 0.870. The molecule has 0 aliphatic heterocycles. The van der Waals surface area contributed by atoms with Crippen LogP contribution in [0.3, 0.4) is 0 Å². The topological polar surface area (TPSA) is 79.7 Å². The minimum absolute atomic E-state index is 0.00545. The van der Waals surface area contributed by atoms with Crippen molar-refractivity contribution in [2.45, 2.75) is 6.61 Å². The summed E-state index contributed by atoms with van der Waals surface area (Å²) >= 11 is 1.07. The van der Waals surface area contributed by atoms with Gasteiger partial charge in [-0.2, -0.15) is 4.37 Å². The molecule has 0 fully saturated rings. The third-order valence-electron chi connectivity index (χ3n) is 2.01. The van der Waals surface area contributed by atoms with Crippen LogP contribution in [0.4, 0.5) is 0 Å². The van der Waals surface area contributed by atoms with Crippen molar-refractivity contribution < 1.29 is 19.7 Å². The average molecular weight is 251 g/mol. The highest BCUT2D eigenvalue weighted by Gasteiger charge is 2.09. The van der Waals surface area contributed by atoms with E-state index in [9.17, 15) is 9.90 Å². The highest BCUT2D eigenvalue weighted by atomic mass is 32.1. The van der Waals surface area contributed by atoms with Gasteiger partial charge >= 0.3 is 5.97 Å². The number of ether oxygens (including phenoxy) is 1. The fraction of sp³-hybridized carbons (Fsp3) is 0.0909. The van der Waals surface area contributed by atoms with Crippen LogP contribution < -0.4 is 4.74 Å². The van der Waals surface area contributed by atoms with Gasteiger partial charge in [-0.15, -0.1) is 0 Å². The molecular formula is C11H9NO4S. The molecule has 2 N–H and O–H groups in total. The van der Waals surface area contributed by atoms with E-state index < -0.39 is 5.97 Å². The zero-order chi connectivity index (χ0) is 12.3. The number of aromatic nitrogens is 1. The lowest BCUT2D eigenvalue weighted by molar-refractivity contribution is 0.0692. The van der Waals surface area contributed by atoms with Crippen LogP contribution in [0.2, 0.25) is 0 Å². The van der Waals surface area contributed by atoms with Crippen molar-refractivity contribution in [3.8, 4) is 11.5 Å². The number of aromatic hydroxyl groups is 1. The molecule has 2 rings (SSSR count). The van der Waals surface area contributed by atoms with Gasteiger partial charge in [-0.25, -0.2) is 4.79 Å². The Balaban J connectivity index is 2.02. The van der Waals surface area contributed by atoms with Crippen LogP contribution in [0.5, 0.6) is 11.5 Å². The number of rotatable bonds is 4. The second-order valence-electron chi connectivity index (χ2n) is 3.24. The highest BCUT2D eigenvalue weighted by molar-refractivity contribution is 7.05. The molecule has 1 aromatic heterocycles. The first-order valence-corrected chi connectivity index (χ1v) is 5.54. The maximum Gasteiger partial charge on any atom is 0.355 e. The van der Waals surface area contributed by atoms with Crippen molar-refractivity contribution in [1.82, 2.24) is 4.37 Å². The monoisotopic (exact) mass is 251 g/mol. The number of phenolic OH excluding ortho intramolecular Hbond substituents is 1. The SMILES string of the molecule is O=C(O)c1cc(COc2ccccc2O)sn1. The molecule has 0 amide bonds. The molecule has 88 valence electrons. The van der Waals surface area contributed by atoms with E-state index in [1.165, 1.54) is 12.1 Å². The maximum absolute atomic E-state index is 10.6. The Labute approximate surface area is 101 Å². The van der Waals surface area contributed by atoms with Crippen LogP contribution in [-0.4, -0.2) is 20.6 Å². The van der Waals surface area contributed by atoms with Gasteiger partial charge in [0.2, 0.25) is 0 Å². The molecule has 0 aliphatic rings. The molecule has 0 unspecified atom stereocenters. The lowest BCUT2D eigenvalue weighted by atomic mass is 10.3. The van der Waals surface area contributed by atoms with Crippen LogP contribution in [0.1, 0.15) is 15.4 Å². The number of nitrogens with zero attached hydrogens (tertiary/aromatic N) is 1. The van der Waals surface area contributed by atoms with Crippen molar-refractivity contribution in [1.29, 1.82) is 0 Å². The fourth-order valence-corrected chi connectivity index (χ4v) is 1.83. The van der Waals surface area contributed by atoms with Crippen LogP contribution >= 0.6 is 11.5 Å². The molecule has 1 heterocycles. The number of benzene rings is 1. The van der Waals surface area contributed by atoms with Gasteiger partial charge in [0.25, 0.3) is 0 Å². The summed E-state index contributed by atoms with van der Waals surface area (Å²) in [5.41, 5.74) is 0.00545. The van der Waals surface area contributed by atoms with E-state index in [4.69, 9.17) is 9.84 Å². The number of carbonyl (C=O) groups is 1. The molecule has 1 aromatic carbocycles. The second kappa shape index (κ2) is 4.84. The third kappa shape index (κ3) is 2.73. The number of carboxylic acids is 1. The smallest absolute Gasteiger partial charge is 0.355 e. The molecule has 0 spiro atoms. The van der Waals surface area contributed by atoms with Crippen molar-refractivity contribution in [2.24, 2.45) is 0 Å². The molecule has 2 aromatic rings. The Kier molecular flexibility index (Phi) is 3.24. The first-order chi connectivity index (χ1) is 8.16. The Hall–Kier alpha value is -2.08. The summed E-state index contributed by atoms with van der Waals surface area (Å²) in [5, 5.41) is 18.1. The Bertz CT molecular complexity index is 538. The molecule has 17 heavy (non-hydrogen) atoms. The van der Waals surface area contributed by atoms with Crippen molar-refractivity contribution >= 4 is 17.5 Å². The van der Waals surface area contributed by atoms with E-state index in [0.717, 1.165) is 11.5 Å². The van der Waals surface area contributed by atoms with E-state index >= 15 is 0 Å². The molecular weight excluding hydrogens is 242 g/mol. The lowest BCUT2D eigenvalue weighted by Gasteiger charge is -2.05. The standard InChI is InChI=1S/C11H9NO4S/c13-9-3-1-2-4-10(9)16-6-7-5-8(11(14)15)12-17-7/h1-5,13H,6H2,(H,14,15). The van der Waals surface area contributed by atoms with Gasteiger partial charge in [-0.1, -0.05) is 12.1 Å². The molecule has 0 atom stereocenters. The number of phenols is 1. The number of carboxylic acid groups (broad SMARTS) is 1. The predicted molar refractivity (Wildman–Crippen MR) is 61.5 cm³/mol. The van der Waals surface area contributed by atoms with Crippen molar-refractivity contribution in [3.63, 3.8) is 0 Å². The van der Waals surface area contributed by atoms with E-state index in [1.54, 1.807) is 18.2 Å². The van der Waals surface area contributed by atoms with Gasteiger partial charge in [0.05, 0.1) is 4.88 Å². The zero-order valence-electron chi connectivity index (χ0n) is 8.66. The minimum Gasteiger partial charge on any atom is -0.504 e. The van der Waals surface area contributed by atoms with Crippen LogP contribution in [0.25, 0.3) is 0 Å². The summed E-state index contributed by atoms with van der Waals surface area (Å²) in [6, 6.07) is 8.04. The molecule has 0 aliphatic carbocycles. The first kappa shape index (κ1) is 11.4. The van der Waals surface area contributed by atoms with Gasteiger partial charge in [-0.05, 0) is 29.7 Å². The highest BCUT2D eigenvalue weighted by Crippen LogP contribution is 2.25. The van der Waals surface area contributed by atoms with E-state index in [-0.39, 0.29) is 18.1 Å². The van der Waals surface area contributed by atoms with Crippen LogP contribution in [0, 0.1) is 0 Å². The summed E-state index contributed by atoms with van der Waals surface area (Å²) in [5.74, 6) is -0.650. The van der Waals surface area contributed by atoms with Gasteiger partial charge in [0, 0.05) is 0 Å². The summed E-state index contributed by atoms with van der Waals surface area (Å²) in [7, 11) is 0. The zero-order valence-corrected chi connectivity index (χ0v) is 9.48. The molecule has 6 heteroatoms. The summed E-state index contributed by atoms with van der Waals surface area (Å²) in [6.07, 6.45) is 0. The van der Waals surface area contributed by atoms with Gasteiger partial charge in [0.1, 0.15) is 6.61 Å². The average Bonchev–Trinajstić information content (AvgIpc) is 2.77. The van der Waals surface area contributed by atoms with E-state index in [0.29, 0.717) is 10.6 Å². The number of para-hydroxylation sites is 2. The predicted octanol–water partition coefficient (Wildman–Crippen LogP) is 2.13. The van der Waals surface area contributed by atoms with E-state index in [1.807, 2.05) is 0 Å². The van der Waals surface area contributed by atoms with Gasteiger partial charge < -0.3 is 14.9 Å². The van der Waals surface area contributed by atoms with Crippen molar-refractivity contribution in [3.05, 3.63) is 40.9 Å². The normalized spacial score (nSPS) is 10.1. The molecule has 0 radical (unpaired) electrons. The Morgan fingerprint density at radius 1 is 1.41 bits per heavy atom. The minimum atomic E-state index is -1.06. The van der Waals surface area contributed by atoms with Crippen LogP contribution in [0.15, 0.2) is 30.3 Å². The third-order valence-corrected chi connectivity index (χ3v) is 2.77.